The lowest BCUT2D eigenvalue weighted by Gasteiger charge is -2.20. The molecule has 1 aromatic rings. The zero-order valence-corrected chi connectivity index (χ0v) is 11.4. The van der Waals surface area contributed by atoms with E-state index in [1.165, 1.54) is 0 Å². The van der Waals surface area contributed by atoms with Crippen molar-refractivity contribution in [1.29, 1.82) is 0 Å². The number of oxime groups is 1. The molecular formula is C13H14F3NO2S. The van der Waals surface area contributed by atoms with Gasteiger partial charge in [-0.05, 0) is 37.1 Å². The van der Waals surface area contributed by atoms with Crippen LogP contribution in [-0.4, -0.2) is 28.8 Å². The molecule has 0 saturated carbocycles. The van der Waals surface area contributed by atoms with E-state index in [0.29, 0.717) is 17.9 Å². The Hall–Kier alpha value is -1.37. The Morgan fingerprint density at radius 3 is 2.80 bits per heavy atom. The molecule has 1 N–H and O–H groups in total. The highest BCUT2D eigenvalue weighted by molar-refractivity contribution is 8.00. The van der Waals surface area contributed by atoms with Gasteiger partial charge in [0.05, 0.1) is 12.3 Å². The van der Waals surface area contributed by atoms with Crippen LogP contribution in [0, 0.1) is 0 Å². The zero-order chi connectivity index (χ0) is 14.6. The molecule has 0 aliphatic heterocycles. The van der Waals surface area contributed by atoms with Gasteiger partial charge in [-0.15, -0.1) is 0 Å². The molecule has 0 amide bonds. The van der Waals surface area contributed by atoms with Crippen molar-refractivity contribution in [1.82, 2.24) is 0 Å². The predicted octanol–water partition coefficient (Wildman–Crippen LogP) is 3.83. The van der Waals surface area contributed by atoms with Gasteiger partial charge >= 0.3 is 5.51 Å². The lowest BCUT2D eigenvalue weighted by atomic mass is 9.89. The van der Waals surface area contributed by atoms with E-state index in [9.17, 15) is 13.2 Å². The van der Waals surface area contributed by atoms with E-state index in [1.807, 2.05) is 6.07 Å². The Bertz CT molecular complexity index is 503. The minimum Gasteiger partial charge on any atom is -0.492 e. The molecule has 0 heterocycles. The summed E-state index contributed by atoms with van der Waals surface area (Å²) in [4.78, 5) is 0. The van der Waals surface area contributed by atoms with Gasteiger partial charge in [0, 0.05) is 16.9 Å². The van der Waals surface area contributed by atoms with Gasteiger partial charge in [-0.1, -0.05) is 17.3 Å². The summed E-state index contributed by atoms with van der Waals surface area (Å²) in [6.07, 6.45) is 2.30. The highest BCUT2D eigenvalue weighted by Gasteiger charge is 2.27. The number of thioether (sulfide) groups is 1. The second-order valence-corrected chi connectivity index (χ2v) is 5.49. The minimum absolute atomic E-state index is 0.00771. The topological polar surface area (TPSA) is 41.8 Å². The third kappa shape index (κ3) is 3.82. The normalized spacial score (nSPS) is 17.1. The summed E-state index contributed by atoms with van der Waals surface area (Å²) in [5.41, 5.74) is -1.90. The number of alkyl halides is 3. The first-order chi connectivity index (χ1) is 9.51. The van der Waals surface area contributed by atoms with Crippen molar-refractivity contribution in [2.75, 3.05) is 12.4 Å². The van der Waals surface area contributed by atoms with Crippen LogP contribution in [0.3, 0.4) is 0 Å². The second kappa shape index (κ2) is 6.39. The van der Waals surface area contributed by atoms with Crippen LogP contribution in [0.15, 0.2) is 23.4 Å². The summed E-state index contributed by atoms with van der Waals surface area (Å²) in [6.45, 7) is -0.00771. The van der Waals surface area contributed by atoms with Gasteiger partial charge in [-0.3, -0.25) is 0 Å². The maximum atomic E-state index is 12.0. The number of benzene rings is 1. The van der Waals surface area contributed by atoms with Crippen LogP contribution in [0.4, 0.5) is 13.2 Å². The van der Waals surface area contributed by atoms with Crippen LogP contribution in [0.2, 0.25) is 0 Å². The Morgan fingerprint density at radius 2 is 2.10 bits per heavy atom. The molecule has 0 saturated heterocycles. The monoisotopic (exact) mass is 305 g/mol. The highest BCUT2D eigenvalue weighted by Crippen LogP contribution is 2.32. The number of fused-ring (bicyclic) bond motifs is 1. The summed E-state index contributed by atoms with van der Waals surface area (Å²) in [6, 6.07) is 5.32. The third-order valence-electron chi connectivity index (χ3n) is 3.01. The molecule has 0 fully saturated rings. The number of nitrogens with zero attached hydrogens (tertiary/aromatic N) is 1. The van der Waals surface area contributed by atoms with Gasteiger partial charge in [0.2, 0.25) is 0 Å². The van der Waals surface area contributed by atoms with Crippen molar-refractivity contribution in [3.05, 3.63) is 29.3 Å². The van der Waals surface area contributed by atoms with Crippen LogP contribution >= 0.6 is 11.8 Å². The van der Waals surface area contributed by atoms with Crippen molar-refractivity contribution in [3.8, 4) is 5.75 Å². The average molecular weight is 305 g/mol. The van der Waals surface area contributed by atoms with E-state index >= 15 is 0 Å². The van der Waals surface area contributed by atoms with E-state index in [4.69, 9.17) is 9.94 Å². The third-order valence-corrected chi connectivity index (χ3v) is 3.71. The Labute approximate surface area is 118 Å². The lowest BCUT2D eigenvalue weighted by Crippen LogP contribution is -2.14. The van der Waals surface area contributed by atoms with E-state index in [0.717, 1.165) is 24.0 Å². The van der Waals surface area contributed by atoms with Gasteiger partial charge in [-0.25, -0.2) is 0 Å². The quantitative estimate of drug-likeness (QED) is 0.522. The molecule has 1 aliphatic carbocycles. The minimum atomic E-state index is -4.23. The molecule has 0 radical (unpaired) electrons. The molecule has 0 bridgehead atoms. The zero-order valence-electron chi connectivity index (χ0n) is 10.6. The second-order valence-electron chi connectivity index (χ2n) is 4.33. The molecule has 0 aromatic heterocycles. The fourth-order valence-corrected chi connectivity index (χ4v) is 2.61. The molecule has 1 aromatic carbocycles. The average Bonchev–Trinajstić information content (AvgIpc) is 2.42. The first-order valence-corrected chi connectivity index (χ1v) is 7.16. The first kappa shape index (κ1) is 15.0. The van der Waals surface area contributed by atoms with Crippen LogP contribution < -0.4 is 4.74 Å². The summed E-state index contributed by atoms with van der Waals surface area (Å²) in [7, 11) is 0. The largest absolute Gasteiger partial charge is 0.492 e. The first-order valence-electron chi connectivity index (χ1n) is 6.18. The van der Waals surface area contributed by atoms with Crippen molar-refractivity contribution in [2.24, 2.45) is 5.16 Å². The molecule has 0 unspecified atom stereocenters. The van der Waals surface area contributed by atoms with Crippen molar-refractivity contribution in [3.63, 3.8) is 0 Å². The molecule has 2 rings (SSSR count). The Kier molecular flexibility index (Phi) is 4.80. The van der Waals surface area contributed by atoms with Crippen molar-refractivity contribution in [2.45, 2.75) is 24.8 Å². The molecule has 7 heteroatoms. The number of rotatable bonds is 4. The molecule has 0 atom stereocenters. The molecule has 110 valence electrons. The van der Waals surface area contributed by atoms with E-state index in [1.54, 1.807) is 12.1 Å². The van der Waals surface area contributed by atoms with Crippen LogP contribution in [-0.2, 0) is 6.42 Å². The van der Waals surface area contributed by atoms with Gasteiger partial charge < -0.3 is 9.94 Å². The number of hydrogen-bond donors (Lipinski definition) is 1. The van der Waals surface area contributed by atoms with Gasteiger partial charge in [0.1, 0.15) is 5.75 Å². The molecule has 3 nitrogen and oxygen atoms in total. The fraction of sp³-hybridized carbons (Fsp3) is 0.462. The van der Waals surface area contributed by atoms with E-state index in [2.05, 4.69) is 5.16 Å². The molecule has 20 heavy (non-hydrogen) atoms. The van der Waals surface area contributed by atoms with Gasteiger partial charge in [-0.2, -0.15) is 13.2 Å². The van der Waals surface area contributed by atoms with Crippen LogP contribution in [0.5, 0.6) is 5.75 Å². The lowest BCUT2D eigenvalue weighted by molar-refractivity contribution is -0.0329. The number of hydrogen-bond acceptors (Lipinski definition) is 4. The predicted molar refractivity (Wildman–Crippen MR) is 71.7 cm³/mol. The van der Waals surface area contributed by atoms with E-state index in [-0.39, 0.29) is 24.1 Å². The smallest absolute Gasteiger partial charge is 0.441 e. The van der Waals surface area contributed by atoms with E-state index < -0.39 is 5.51 Å². The van der Waals surface area contributed by atoms with Crippen LogP contribution in [0.25, 0.3) is 0 Å². The maximum Gasteiger partial charge on any atom is 0.441 e. The molecule has 1 aliphatic rings. The van der Waals surface area contributed by atoms with Crippen molar-refractivity contribution >= 4 is 17.5 Å². The summed E-state index contributed by atoms with van der Waals surface area (Å²) < 4.78 is 41.5. The maximum absolute atomic E-state index is 12.0. The summed E-state index contributed by atoms with van der Waals surface area (Å²) in [5, 5.41) is 12.2. The van der Waals surface area contributed by atoms with Gasteiger partial charge in [0.15, 0.2) is 0 Å². The molecular weight excluding hydrogens is 291 g/mol. The SMILES string of the molecule is O/N=C1/CCCc2c(OCCSC(F)(F)F)cccc21. The number of ether oxygens (including phenoxy) is 1. The Balaban J connectivity index is 2.03. The number of halogens is 3. The van der Waals surface area contributed by atoms with Crippen LogP contribution in [0.1, 0.15) is 24.0 Å². The van der Waals surface area contributed by atoms with Gasteiger partial charge in [0.25, 0.3) is 0 Å². The molecule has 0 spiro atoms. The van der Waals surface area contributed by atoms with Crippen molar-refractivity contribution < 1.29 is 23.1 Å². The summed E-state index contributed by atoms with van der Waals surface area (Å²) in [5.74, 6) is 0.430. The summed E-state index contributed by atoms with van der Waals surface area (Å²) >= 11 is -0.0935. The fourth-order valence-electron chi connectivity index (χ4n) is 2.21. The highest BCUT2D eigenvalue weighted by atomic mass is 32.2. The standard InChI is InChI=1S/C13H14F3NO2S/c14-13(15,16)20-8-7-19-12-6-2-3-9-10(12)4-1-5-11(9)17-18/h2-3,6,18H,1,4-5,7-8H2/b17-11-. The Morgan fingerprint density at radius 1 is 1.30 bits per heavy atom.